The Morgan fingerprint density at radius 1 is 1.03 bits per heavy atom. The van der Waals surface area contributed by atoms with E-state index in [-0.39, 0.29) is 6.04 Å². The summed E-state index contributed by atoms with van der Waals surface area (Å²) in [5.41, 5.74) is 4.87. The molecule has 0 unspecified atom stereocenters. The minimum atomic E-state index is 0.269. The highest BCUT2D eigenvalue weighted by Gasteiger charge is 2.21. The second-order valence-electron chi connectivity index (χ2n) is 8.45. The van der Waals surface area contributed by atoms with Crippen molar-refractivity contribution in [3.8, 4) is 0 Å². The third-order valence-electron chi connectivity index (χ3n) is 5.97. The zero-order valence-corrected chi connectivity index (χ0v) is 19.6. The van der Waals surface area contributed by atoms with Gasteiger partial charge in [-0.25, -0.2) is 9.97 Å². The average molecular weight is 464 g/mol. The molecular formula is C23H26ClN9. The third-order valence-corrected chi connectivity index (χ3v) is 6.24. The monoisotopic (exact) mass is 463 g/mol. The molecule has 5 heterocycles. The summed E-state index contributed by atoms with van der Waals surface area (Å²) in [5, 5.41) is 15.8. The Morgan fingerprint density at radius 2 is 1.85 bits per heavy atom. The highest BCUT2D eigenvalue weighted by Crippen LogP contribution is 2.27. The normalized spacial score (nSPS) is 14.6. The molecule has 0 spiro atoms. The third kappa shape index (κ3) is 4.54. The van der Waals surface area contributed by atoms with Gasteiger partial charge >= 0.3 is 0 Å². The van der Waals surface area contributed by atoms with Gasteiger partial charge in [0.2, 0.25) is 5.95 Å². The molecular weight excluding hydrogens is 438 g/mol. The molecule has 4 aromatic heterocycles. The van der Waals surface area contributed by atoms with Crippen LogP contribution in [0, 0.1) is 20.8 Å². The summed E-state index contributed by atoms with van der Waals surface area (Å²) in [5.74, 6) is 2.05. The van der Waals surface area contributed by atoms with Crippen molar-refractivity contribution in [1.29, 1.82) is 0 Å². The molecule has 0 aliphatic carbocycles. The number of anilines is 4. The maximum Gasteiger partial charge on any atom is 0.229 e. The van der Waals surface area contributed by atoms with Crippen molar-refractivity contribution in [2.24, 2.45) is 0 Å². The Bertz CT molecular complexity index is 1280. The summed E-state index contributed by atoms with van der Waals surface area (Å²) < 4.78 is 2.06. The number of hydrogen-bond donors (Lipinski definition) is 2. The molecule has 10 heteroatoms. The molecule has 1 aliphatic rings. The maximum atomic E-state index is 6.41. The molecule has 4 aromatic rings. The highest BCUT2D eigenvalue weighted by atomic mass is 35.5. The number of hydrogen-bond acceptors (Lipinski definition) is 8. The Kier molecular flexibility index (Phi) is 5.72. The van der Waals surface area contributed by atoms with Crippen molar-refractivity contribution in [1.82, 2.24) is 29.5 Å². The number of pyridine rings is 1. The van der Waals surface area contributed by atoms with E-state index in [0.29, 0.717) is 16.8 Å². The van der Waals surface area contributed by atoms with Crippen LogP contribution in [0.4, 0.5) is 23.3 Å². The Labute approximate surface area is 197 Å². The number of imidazole rings is 1. The van der Waals surface area contributed by atoms with Crippen LogP contribution in [0.1, 0.15) is 29.8 Å². The largest absolute Gasteiger partial charge is 0.366 e. The Balaban J connectivity index is 1.27. The summed E-state index contributed by atoms with van der Waals surface area (Å²) >= 11 is 6.41. The molecule has 0 amide bonds. The molecule has 9 nitrogen and oxygen atoms in total. The van der Waals surface area contributed by atoms with Crippen molar-refractivity contribution < 1.29 is 0 Å². The molecule has 0 atom stereocenters. The summed E-state index contributed by atoms with van der Waals surface area (Å²) in [4.78, 5) is 15.7. The van der Waals surface area contributed by atoms with Crippen molar-refractivity contribution in [2.45, 2.75) is 39.7 Å². The molecule has 5 rings (SSSR count). The number of piperidine rings is 1. The number of nitrogens with one attached hydrogen (secondary N) is 2. The van der Waals surface area contributed by atoms with Gasteiger partial charge in [-0.2, -0.15) is 10.1 Å². The zero-order chi connectivity index (χ0) is 22.9. The van der Waals surface area contributed by atoms with Gasteiger partial charge in [0.25, 0.3) is 0 Å². The molecule has 1 aliphatic heterocycles. The molecule has 1 saturated heterocycles. The minimum Gasteiger partial charge on any atom is -0.366 e. The van der Waals surface area contributed by atoms with E-state index >= 15 is 0 Å². The van der Waals surface area contributed by atoms with Gasteiger partial charge < -0.3 is 19.9 Å². The van der Waals surface area contributed by atoms with Gasteiger partial charge in [-0.3, -0.25) is 0 Å². The summed E-state index contributed by atoms with van der Waals surface area (Å²) in [6.07, 6.45) is 7.45. The van der Waals surface area contributed by atoms with Crippen LogP contribution in [0.2, 0.25) is 5.02 Å². The van der Waals surface area contributed by atoms with Crippen LogP contribution in [0.5, 0.6) is 0 Å². The molecule has 0 bridgehead atoms. The summed E-state index contributed by atoms with van der Waals surface area (Å²) in [7, 11) is 0. The smallest absolute Gasteiger partial charge is 0.229 e. The van der Waals surface area contributed by atoms with Gasteiger partial charge in [0.05, 0.1) is 11.9 Å². The predicted octanol–water partition coefficient (Wildman–Crippen LogP) is 4.32. The minimum absolute atomic E-state index is 0.269. The first-order chi connectivity index (χ1) is 16.0. The van der Waals surface area contributed by atoms with Crippen LogP contribution in [-0.2, 0) is 0 Å². The lowest BCUT2D eigenvalue weighted by atomic mass is 10.1. The average Bonchev–Trinajstić information content (AvgIpc) is 3.17. The molecule has 0 radical (unpaired) electrons. The van der Waals surface area contributed by atoms with Crippen molar-refractivity contribution >= 4 is 40.5 Å². The topological polar surface area (TPSA) is 96.2 Å². The van der Waals surface area contributed by atoms with Crippen molar-refractivity contribution in [3.63, 3.8) is 0 Å². The van der Waals surface area contributed by atoms with Crippen molar-refractivity contribution in [3.05, 3.63) is 58.8 Å². The lowest BCUT2D eigenvalue weighted by molar-refractivity contribution is 0.521. The van der Waals surface area contributed by atoms with E-state index in [0.717, 1.165) is 60.0 Å². The first-order valence-electron chi connectivity index (χ1n) is 11.0. The molecule has 170 valence electrons. The number of rotatable bonds is 5. The number of fused-ring (bicyclic) bond motifs is 1. The Hall–Kier alpha value is -3.46. The maximum absolute atomic E-state index is 6.41. The standard InChI is InChI=1S/C23H26ClN9/c1-14-13-33-16(3)11-25-21(33)10-19(14)28-23-26-12-18(24)22(29-23)27-17-6-8-32(9-7-17)20-5-4-15(2)30-31-20/h4-5,10-13,17H,6-9H2,1-3H3,(H2,26,27,28,29). The van der Waals surface area contributed by atoms with E-state index in [1.807, 2.05) is 45.2 Å². The van der Waals surface area contributed by atoms with Gasteiger partial charge in [0.15, 0.2) is 11.6 Å². The SMILES string of the molecule is Cc1ccc(N2CCC(Nc3nc(Nc4cc5ncc(C)n5cc4C)ncc3Cl)CC2)nn1. The van der Waals surface area contributed by atoms with Crippen LogP contribution in [0.15, 0.2) is 36.8 Å². The number of aromatic nitrogens is 6. The quantitative estimate of drug-likeness (QED) is 0.451. The molecule has 33 heavy (non-hydrogen) atoms. The van der Waals surface area contributed by atoms with E-state index in [1.165, 1.54) is 0 Å². The van der Waals surface area contributed by atoms with Gasteiger partial charge in [-0.15, -0.1) is 5.10 Å². The van der Waals surface area contributed by atoms with Crippen LogP contribution in [0.3, 0.4) is 0 Å². The van der Waals surface area contributed by atoms with Gasteiger partial charge in [-0.05, 0) is 51.3 Å². The summed E-state index contributed by atoms with van der Waals surface area (Å²) in [6, 6.07) is 6.29. The molecule has 1 fully saturated rings. The second-order valence-corrected chi connectivity index (χ2v) is 8.86. The van der Waals surface area contributed by atoms with E-state index in [9.17, 15) is 0 Å². The fraction of sp³-hybridized carbons (Fsp3) is 0.348. The van der Waals surface area contributed by atoms with E-state index in [2.05, 4.69) is 51.3 Å². The van der Waals surface area contributed by atoms with Crippen LogP contribution in [0.25, 0.3) is 5.65 Å². The first kappa shape index (κ1) is 21.4. The fourth-order valence-corrected chi connectivity index (χ4v) is 4.18. The lowest BCUT2D eigenvalue weighted by Crippen LogP contribution is -2.39. The predicted molar refractivity (Wildman–Crippen MR) is 131 cm³/mol. The van der Waals surface area contributed by atoms with Gasteiger partial charge in [0, 0.05) is 49.0 Å². The number of aryl methyl sites for hydroxylation is 3. The van der Waals surface area contributed by atoms with E-state index in [4.69, 9.17) is 11.6 Å². The van der Waals surface area contributed by atoms with Crippen molar-refractivity contribution in [2.75, 3.05) is 28.6 Å². The van der Waals surface area contributed by atoms with Crippen LogP contribution >= 0.6 is 11.6 Å². The lowest BCUT2D eigenvalue weighted by Gasteiger charge is -2.33. The fourth-order valence-electron chi connectivity index (χ4n) is 4.04. The number of halogens is 1. The first-order valence-corrected chi connectivity index (χ1v) is 11.4. The molecule has 2 N–H and O–H groups in total. The van der Waals surface area contributed by atoms with Crippen LogP contribution in [-0.4, -0.2) is 48.7 Å². The zero-order valence-electron chi connectivity index (χ0n) is 18.9. The number of nitrogens with zero attached hydrogens (tertiary/aromatic N) is 7. The van der Waals surface area contributed by atoms with E-state index in [1.54, 1.807) is 6.20 Å². The highest BCUT2D eigenvalue weighted by molar-refractivity contribution is 6.32. The Morgan fingerprint density at radius 3 is 2.61 bits per heavy atom. The van der Waals surface area contributed by atoms with Crippen LogP contribution < -0.4 is 15.5 Å². The van der Waals surface area contributed by atoms with E-state index < -0.39 is 0 Å². The second kappa shape index (κ2) is 8.82. The summed E-state index contributed by atoms with van der Waals surface area (Å²) in [6.45, 7) is 7.81. The molecule has 0 saturated carbocycles. The van der Waals surface area contributed by atoms with Gasteiger partial charge in [-0.1, -0.05) is 11.6 Å². The molecule has 0 aromatic carbocycles. The van der Waals surface area contributed by atoms with Gasteiger partial charge in [0.1, 0.15) is 10.7 Å².